The van der Waals surface area contributed by atoms with Gasteiger partial charge in [-0.15, -0.1) is 0 Å². The molecule has 0 bridgehead atoms. The molecule has 1 aliphatic carbocycles. The van der Waals surface area contributed by atoms with Gasteiger partial charge in [0, 0.05) is 19.0 Å². The minimum absolute atomic E-state index is 0.0310. The third kappa shape index (κ3) is 3.58. The van der Waals surface area contributed by atoms with E-state index in [1.807, 2.05) is 18.3 Å². The minimum atomic E-state index is -1.98. The van der Waals surface area contributed by atoms with Gasteiger partial charge in [0.2, 0.25) is 8.32 Å². The molecule has 0 amide bonds. The normalized spacial score (nSPS) is 19.3. The van der Waals surface area contributed by atoms with E-state index in [2.05, 4.69) is 46.5 Å². The molecule has 0 saturated heterocycles. The molecule has 1 unspecified atom stereocenters. The molecule has 0 spiro atoms. The van der Waals surface area contributed by atoms with E-state index in [9.17, 15) is 4.79 Å². The highest BCUT2D eigenvalue weighted by Gasteiger charge is 2.47. The molecule has 1 atom stereocenters. The molecule has 1 aromatic heterocycles. The lowest BCUT2D eigenvalue weighted by Gasteiger charge is -2.44. The lowest BCUT2D eigenvalue weighted by molar-refractivity contribution is -0.118. The Morgan fingerprint density at radius 3 is 2.30 bits per heavy atom. The van der Waals surface area contributed by atoms with Crippen LogP contribution in [0.3, 0.4) is 0 Å². The molecule has 0 saturated carbocycles. The van der Waals surface area contributed by atoms with E-state index in [4.69, 9.17) is 4.43 Å². The van der Waals surface area contributed by atoms with Crippen LogP contribution in [0, 0.1) is 0 Å². The average molecular weight is 334 g/mol. The number of Topliss-reactive ketones (excluding diaryl/α,β-unsaturated/α-hetero) is 1. The highest BCUT2D eigenvalue weighted by molar-refractivity contribution is 6.77. The number of hydrogen-bond acceptors (Lipinski definition) is 3. The zero-order valence-corrected chi connectivity index (χ0v) is 16.4. The van der Waals surface area contributed by atoms with E-state index in [1.165, 1.54) is 0 Å². The fourth-order valence-electron chi connectivity index (χ4n) is 4.39. The lowest BCUT2D eigenvalue weighted by Crippen LogP contribution is -2.48. The molecular formula is C19H31NO2Si. The third-order valence-electron chi connectivity index (χ3n) is 5.36. The summed E-state index contributed by atoms with van der Waals surface area (Å²) in [7, 11) is -1.98. The average Bonchev–Trinajstić information content (AvgIpc) is 2.62. The predicted molar refractivity (Wildman–Crippen MR) is 97.1 cm³/mol. The van der Waals surface area contributed by atoms with Crippen LogP contribution < -0.4 is 0 Å². The van der Waals surface area contributed by atoms with Crippen molar-refractivity contribution in [2.75, 3.05) is 0 Å². The van der Waals surface area contributed by atoms with E-state index in [0.29, 0.717) is 35.2 Å². The molecule has 1 aromatic rings. The molecule has 1 aliphatic rings. The zero-order valence-electron chi connectivity index (χ0n) is 15.4. The second-order valence-electron chi connectivity index (χ2n) is 7.73. The van der Waals surface area contributed by atoms with Gasteiger partial charge in [0.1, 0.15) is 5.78 Å². The Morgan fingerprint density at radius 2 is 1.74 bits per heavy atom. The van der Waals surface area contributed by atoms with Crippen LogP contribution in [0.4, 0.5) is 0 Å². The van der Waals surface area contributed by atoms with Gasteiger partial charge in [-0.1, -0.05) is 47.6 Å². The summed E-state index contributed by atoms with van der Waals surface area (Å²) >= 11 is 0. The van der Waals surface area contributed by atoms with Crippen LogP contribution >= 0.6 is 0 Å². The van der Waals surface area contributed by atoms with Crippen molar-refractivity contribution in [2.45, 2.75) is 83.5 Å². The summed E-state index contributed by atoms with van der Waals surface area (Å²) in [6, 6.07) is 3.96. The van der Waals surface area contributed by atoms with Crippen molar-refractivity contribution in [1.29, 1.82) is 0 Å². The second-order valence-corrected chi connectivity index (χ2v) is 13.1. The fraction of sp³-hybridized carbons (Fsp3) is 0.684. The van der Waals surface area contributed by atoms with Crippen LogP contribution in [-0.2, 0) is 15.6 Å². The molecule has 0 aliphatic heterocycles. The Labute approximate surface area is 142 Å². The highest BCUT2D eigenvalue weighted by Crippen LogP contribution is 2.46. The summed E-state index contributed by atoms with van der Waals surface area (Å²) in [6.07, 6.45) is 3.66. The topological polar surface area (TPSA) is 39.2 Å². The largest absolute Gasteiger partial charge is 0.408 e. The van der Waals surface area contributed by atoms with E-state index in [-0.39, 0.29) is 6.10 Å². The predicted octanol–water partition coefficient (Wildman–Crippen LogP) is 5.22. The maximum atomic E-state index is 12.1. The van der Waals surface area contributed by atoms with Crippen molar-refractivity contribution < 1.29 is 9.22 Å². The third-order valence-corrected chi connectivity index (χ3v) is 11.5. The maximum Gasteiger partial charge on any atom is 0.201 e. The fourth-order valence-corrected chi connectivity index (χ4v) is 9.93. The number of aromatic nitrogens is 1. The number of fused-ring (bicyclic) bond motifs is 1. The first kappa shape index (κ1) is 18.3. The molecule has 128 valence electrons. The maximum absolute atomic E-state index is 12.1. The number of pyridine rings is 1. The van der Waals surface area contributed by atoms with Crippen LogP contribution in [0.25, 0.3) is 0 Å². The van der Waals surface area contributed by atoms with Crippen molar-refractivity contribution in [3.05, 3.63) is 29.6 Å². The van der Waals surface area contributed by atoms with Gasteiger partial charge in [-0.05, 0) is 34.7 Å². The molecule has 1 heterocycles. The summed E-state index contributed by atoms with van der Waals surface area (Å²) < 4.78 is 6.94. The van der Waals surface area contributed by atoms with Gasteiger partial charge in [-0.3, -0.25) is 9.78 Å². The summed E-state index contributed by atoms with van der Waals surface area (Å²) in [6.45, 7) is 13.8. The number of hydrogen-bond donors (Lipinski definition) is 0. The molecule has 0 fully saturated rings. The standard InChI is InChI=1S/C19H31NO2Si/c1-13(2)23(14(3)4,15(5)6)22-18-10-9-17(21)12-16-8-7-11-20-19(16)18/h7-8,11,13-15,18H,9-10,12H2,1-6H3. The van der Waals surface area contributed by atoms with Crippen molar-refractivity contribution in [3.63, 3.8) is 0 Å². The van der Waals surface area contributed by atoms with Gasteiger partial charge in [0.15, 0.2) is 0 Å². The molecule has 2 rings (SSSR count). The Bertz CT molecular complexity index is 532. The smallest absolute Gasteiger partial charge is 0.201 e. The highest BCUT2D eigenvalue weighted by atomic mass is 28.4. The van der Waals surface area contributed by atoms with Crippen LogP contribution in [-0.4, -0.2) is 19.1 Å². The van der Waals surface area contributed by atoms with E-state index < -0.39 is 8.32 Å². The number of carbonyl (C=O) groups is 1. The molecule has 0 radical (unpaired) electrons. The molecule has 0 aromatic carbocycles. The van der Waals surface area contributed by atoms with Crippen LogP contribution in [0.1, 0.15) is 71.7 Å². The number of ketones is 1. The quantitative estimate of drug-likeness (QED) is 0.548. The van der Waals surface area contributed by atoms with Gasteiger partial charge >= 0.3 is 0 Å². The number of carbonyl (C=O) groups excluding carboxylic acids is 1. The first-order chi connectivity index (χ1) is 10.8. The number of nitrogens with zero attached hydrogens (tertiary/aromatic N) is 1. The molecule has 4 heteroatoms. The van der Waals surface area contributed by atoms with Crippen molar-refractivity contribution >= 4 is 14.1 Å². The Morgan fingerprint density at radius 1 is 1.13 bits per heavy atom. The second kappa shape index (κ2) is 7.26. The first-order valence-corrected chi connectivity index (χ1v) is 11.1. The van der Waals surface area contributed by atoms with Crippen LogP contribution in [0.2, 0.25) is 16.6 Å². The summed E-state index contributed by atoms with van der Waals surface area (Å²) in [5.74, 6) is 0.302. The van der Waals surface area contributed by atoms with Gasteiger partial charge in [-0.2, -0.15) is 0 Å². The van der Waals surface area contributed by atoms with Gasteiger partial charge in [0.05, 0.1) is 11.8 Å². The van der Waals surface area contributed by atoms with Gasteiger partial charge in [-0.25, -0.2) is 0 Å². The van der Waals surface area contributed by atoms with Gasteiger partial charge < -0.3 is 4.43 Å². The minimum Gasteiger partial charge on any atom is -0.408 e. The van der Waals surface area contributed by atoms with E-state index >= 15 is 0 Å². The Hall–Kier alpha value is -1.00. The van der Waals surface area contributed by atoms with E-state index in [1.54, 1.807) is 0 Å². The van der Waals surface area contributed by atoms with Crippen molar-refractivity contribution in [3.8, 4) is 0 Å². The Kier molecular flexibility index (Phi) is 5.79. The van der Waals surface area contributed by atoms with Gasteiger partial charge in [0.25, 0.3) is 0 Å². The molecular weight excluding hydrogens is 302 g/mol. The van der Waals surface area contributed by atoms with E-state index in [0.717, 1.165) is 17.7 Å². The molecule has 3 nitrogen and oxygen atoms in total. The SMILES string of the molecule is CC(C)[Si](OC1CCC(=O)Cc2cccnc21)(C(C)C)C(C)C. The molecule has 23 heavy (non-hydrogen) atoms. The van der Waals surface area contributed by atoms with Crippen LogP contribution in [0.5, 0.6) is 0 Å². The Balaban J connectivity index is 2.42. The van der Waals surface area contributed by atoms with Crippen molar-refractivity contribution in [2.24, 2.45) is 0 Å². The summed E-state index contributed by atoms with van der Waals surface area (Å²) in [5.41, 5.74) is 3.66. The first-order valence-electron chi connectivity index (χ1n) is 8.92. The van der Waals surface area contributed by atoms with Crippen molar-refractivity contribution in [1.82, 2.24) is 4.98 Å². The molecule has 0 N–H and O–H groups in total. The lowest BCUT2D eigenvalue weighted by atomic mass is 10.1. The van der Waals surface area contributed by atoms with Crippen LogP contribution in [0.15, 0.2) is 18.3 Å². The zero-order chi connectivity index (χ0) is 17.2. The summed E-state index contributed by atoms with van der Waals surface area (Å²) in [4.78, 5) is 16.7. The monoisotopic (exact) mass is 333 g/mol. The number of rotatable bonds is 5. The summed E-state index contributed by atoms with van der Waals surface area (Å²) in [5, 5.41) is 0.